The summed E-state index contributed by atoms with van der Waals surface area (Å²) < 4.78 is 5.55. The lowest BCUT2D eigenvalue weighted by Gasteiger charge is -2.05. The lowest BCUT2D eigenvalue weighted by molar-refractivity contribution is -0.120. The number of hydrogen-bond acceptors (Lipinski definition) is 3. The number of fused-ring (bicyclic) bond motifs is 2. The summed E-state index contributed by atoms with van der Waals surface area (Å²) in [5.74, 6) is -0.704. The fourth-order valence-electron chi connectivity index (χ4n) is 2.86. The third kappa shape index (κ3) is 2.10. The third-order valence-corrected chi connectivity index (χ3v) is 4.78. The van der Waals surface area contributed by atoms with E-state index < -0.39 is 17.6 Å². The summed E-state index contributed by atoms with van der Waals surface area (Å²) in [6.45, 7) is 0. The maximum Gasteiger partial charge on any atom is 0.264 e. The summed E-state index contributed by atoms with van der Waals surface area (Å²) in [7, 11) is 0. The van der Waals surface area contributed by atoms with Crippen LogP contribution in [0.15, 0.2) is 36.4 Å². The van der Waals surface area contributed by atoms with Crippen LogP contribution in [-0.4, -0.2) is 17.8 Å². The second-order valence-electron chi connectivity index (χ2n) is 5.37. The standard InChI is InChI=1S/C16H8Cl3NO3/c17-8-3-1-7(2-4-8)13(21)14-16(23-14)10-5-9(18)6-11(19)12(10)20-15(16)22/h1-6,14H,(H,20,22)/t14-,16-/m1/s1. The highest BCUT2D eigenvalue weighted by atomic mass is 35.5. The minimum atomic E-state index is -1.35. The van der Waals surface area contributed by atoms with E-state index in [0.717, 1.165) is 0 Å². The molecule has 2 atom stereocenters. The first-order valence-electron chi connectivity index (χ1n) is 6.72. The first-order valence-corrected chi connectivity index (χ1v) is 7.85. The number of halogens is 3. The Labute approximate surface area is 146 Å². The van der Waals surface area contributed by atoms with E-state index in [9.17, 15) is 9.59 Å². The molecule has 0 bridgehead atoms. The van der Waals surface area contributed by atoms with E-state index in [2.05, 4.69) is 5.32 Å². The number of hydrogen-bond donors (Lipinski definition) is 1. The molecule has 1 saturated heterocycles. The van der Waals surface area contributed by atoms with Crippen molar-refractivity contribution in [1.82, 2.24) is 0 Å². The van der Waals surface area contributed by atoms with Crippen LogP contribution in [0.3, 0.4) is 0 Å². The Bertz CT molecular complexity index is 866. The number of amides is 1. The second-order valence-corrected chi connectivity index (χ2v) is 6.65. The monoisotopic (exact) mass is 367 g/mol. The Morgan fingerprint density at radius 3 is 2.48 bits per heavy atom. The molecule has 1 amide bonds. The Morgan fingerprint density at radius 1 is 1.09 bits per heavy atom. The molecule has 4 rings (SSSR count). The van der Waals surface area contributed by atoms with Crippen molar-refractivity contribution in [3.63, 3.8) is 0 Å². The molecular weight excluding hydrogens is 361 g/mol. The van der Waals surface area contributed by atoms with Crippen LogP contribution in [0.5, 0.6) is 0 Å². The van der Waals surface area contributed by atoms with Gasteiger partial charge in [-0.3, -0.25) is 9.59 Å². The largest absolute Gasteiger partial charge is 0.342 e. The van der Waals surface area contributed by atoms with E-state index in [1.54, 1.807) is 30.3 Å². The molecule has 2 heterocycles. The van der Waals surface area contributed by atoms with Gasteiger partial charge >= 0.3 is 0 Å². The van der Waals surface area contributed by atoms with Crippen molar-refractivity contribution < 1.29 is 14.3 Å². The molecule has 7 heteroatoms. The molecular formula is C16H8Cl3NO3. The van der Waals surface area contributed by atoms with Gasteiger partial charge in [0.1, 0.15) is 0 Å². The minimum absolute atomic E-state index is 0.291. The van der Waals surface area contributed by atoms with Gasteiger partial charge in [-0.25, -0.2) is 0 Å². The van der Waals surface area contributed by atoms with E-state index in [4.69, 9.17) is 39.5 Å². The average Bonchev–Trinajstić information content (AvgIpc) is 3.20. The number of rotatable bonds is 2. The quantitative estimate of drug-likeness (QED) is 0.642. The molecule has 116 valence electrons. The van der Waals surface area contributed by atoms with E-state index >= 15 is 0 Å². The Kier molecular flexibility index (Phi) is 3.22. The number of anilines is 1. The molecule has 2 aliphatic heterocycles. The normalized spacial score (nSPS) is 24.5. The predicted octanol–water partition coefficient (Wildman–Crippen LogP) is 4.08. The molecule has 0 aromatic heterocycles. The summed E-state index contributed by atoms with van der Waals surface area (Å²) in [4.78, 5) is 25.0. The summed E-state index contributed by atoms with van der Waals surface area (Å²) in [5.41, 5.74) is 0.00562. The number of carbonyl (C=O) groups excluding carboxylic acids is 2. The van der Waals surface area contributed by atoms with Crippen LogP contribution >= 0.6 is 34.8 Å². The number of ether oxygens (including phenoxy) is 1. The van der Waals surface area contributed by atoms with Crippen molar-refractivity contribution in [1.29, 1.82) is 0 Å². The summed E-state index contributed by atoms with van der Waals surface area (Å²) in [6, 6.07) is 9.54. The molecule has 1 fully saturated rings. The maximum absolute atomic E-state index is 12.6. The van der Waals surface area contributed by atoms with Crippen molar-refractivity contribution >= 4 is 52.2 Å². The highest BCUT2D eigenvalue weighted by Gasteiger charge is 2.70. The first kappa shape index (κ1) is 15.0. The molecule has 1 spiro atoms. The first-order chi connectivity index (χ1) is 10.9. The van der Waals surface area contributed by atoms with Gasteiger partial charge in [0.2, 0.25) is 5.60 Å². The zero-order valence-electron chi connectivity index (χ0n) is 11.4. The number of carbonyl (C=O) groups is 2. The molecule has 2 aromatic rings. The van der Waals surface area contributed by atoms with Gasteiger partial charge in [0.25, 0.3) is 5.91 Å². The molecule has 0 radical (unpaired) electrons. The fourth-order valence-corrected chi connectivity index (χ4v) is 3.52. The molecule has 4 nitrogen and oxygen atoms in total. The highest BCUT2D eigenvalue weighted by molar-refractivity contribution is 6.38. The van der Waals surface area contributed by atoms with Crippen LogP contribution < -0.4 is 5.32 Å². The van der Waals surface area contributed by atoms with Crippen LogP contribution in [-0.2, 0) is 15.1 Å². The Balaban J connectivity index is 1.74. The Morgan fingerprint density at radius 2 is 1.78 bits per heavy atom. The topological polar surface area (TPSA) is 58.7 Å². The summed E-state index contributed by atoms with van der Waals surface area (Å²) in [6.07, 6.45) is -0.903. The summed E-state index contributed by atoms with van der Waals surface area (Å²) in [5, 5.41) is 3.87. The number of ketones is 1. The minimum Gasteiger partial charge on any atom is -0.342 e. The zero-order chi connectivity index (χ0) is 16.4. The van der Waals surface area contributed by atoms with E-state index in [1.165, 1.54) is 6.07 Å². The lowest BCUT2D eigenvalue weighted by atomic mass is 9.92. The molecule has 0 saturated carbocycles. The molecule has 2 aliphatic rings. The van der Waals surface area contributed by atoms with Crippen LogP contribution in [0.2, 0.25) is 15.1 Å². The molecule has 0 aliphatic carbocycles. The lowest BCUT2D eigenvalue weighted by Crippen LogP contribution is -2.27. The van der Waals surface area contributed by atoms with Crippen LogP contribution in [0.25, 0.3) is 0 Å². The predicted molar refractivity (Wildman–Crippen MR) is 87.4 cm³/mol. The number of Topliss-reactive ketones (excluding diaryl/α,β-unsaturated/α-hetero) is 1. The van der Waals surface area contributed by atoms with E-state index in [0.29, 0.717) is 31.9 Å². The highest BCUT2D eigenvalue weighted by Crippen LogP contribution is 2.56. The van der Waals surface area contributed by atoms with Gasteiger partial charge in [-0.15, -0.1) is 0 Å². The van der Waals surface area contributed by atoms with Crippen LogP contribution in [0.1, 0.15) is 15.9 Å². The number of nitrogens with one attached hydrogen (secondary N) is 1. The zero-order valence-corrected chi connectivity index (χ0v) is 13.7. The smallest absolute Gasteiger partial charge is 0.264 e. The van der Waals surface area contributed by atoms with Crippen LogP contribution in [0.4, 0.5) is 5.69 Å². The molecule has 23 heavy (non-hydrogen) atoms. The maximum atomic E-state index is 12.6. The van der Waals surface area contributed by atoms with Crippen molar-refractivity contribution in [3.8, 4) is 0 Å². The van der Waals surface area contributed by atoms with Gasteiger partial charge < -0.3 is 10.1 Å². The molecule has 2 aromatic carbocycles. The van der Waals surface area contributed by atoms with Crippen LogP contribution in [0, 0.1) is 0 Å². The number of epoxide rings is 1. The SMILES string of the molecule is O=C(c1ccc(Cl)cc1)[C@H]1O[C@@]12C(=O)Nc1c(Cl)cc(Cl)cc12. The van der Waals surface area contributed by atoms with Crippen molar-refractivity contribution in [2.45, 2.75) is 11.7 Å². The number of benzene rings is 2. The Hall–Kier alpha value is -1.59. The van der Waals surface area contributed by atoms with E-state index in [-0.39, 0.29) is 5.78 Å². The van der Waals surface area contributed by atoms with Gasteiger partial charge in [0.15, 0.2) is 11.9 Å². The van der Waals surface area contributed by atoms with Crippen molar-refractivity contribution in [2.75, 3.05) is 5.32 Å². The second kappa shape index (κ2) is 4.95. The van der Waals surface area contributed by atoms with E-state index in [1.807, 2.05) is 0 Å². The third-order valence-electron chi connectivity index (χ3n) is 4.01. The molecule has 1 N–H and O–H groups in total. The van der Waals surface area contributed by atoms with Gasteiger partial charge in [-0.05, 0) is 36.4 Å². The van der Waals surface area contributed by atoms with Gasteiger partial charge in [0, 0.05) is 21.2 Å². The molecule has 0 unspecified atom stereocenters. The average molecular weight is 369 g/mol. The summed E-state index contributed by atoms with van der Waals surface area (Å²) >= 11 is 17.9. The van der Waals surface area contributed by atoms with Gasteiger partial charge in [0.05, 0.1) is 10.7 Å². The van der Waals surface area contributed by atoms with Gasteiger partial charge in [-0.1, -0.05) is 34.8 Å². The van der Waals surface area contributed by atoms with Gasteiger partial charge in [-0.2, -0.15) is 0 Å². The fraction of sp³-hybridized carbons (Fsp3) is 0.125. The van der Waals surface area contributed by atoms with Crippen molar-refractivity contribution in [3.05, 3.63) is 62.6 Å². The van der Waals surface area contributed by atoms with Crippen molar-refractivity contribution in [2.24, 2.45) is 0 Å².